The summed E-state index contributed by atoms with van der Waals surface area (Å²) < 4.78 is 5.22. The number of hydrogen-bond donors (Lipinski definition) is 3. The topological polar surface area (TPSA) is 75.7 Å². The summed E-state index contributed by atoms with van der Waals surface area (Å²) in [7, 11) is 1.52. The summed E-state index contributed by atoms with van der Waals surface area (Å²) in [6.45, 7) is 3.96. The first kappa shape index (κ1) is 12.8. The van der Waals surface area contributed by atoms with Crippen molar-refractivity contribution in [2.45, 2.75) is 26.4 Å². The molecule has 16 heavy (non-hydrogen) atoms. The Kier molecular flexibility index (Phi) is 4.15. The van der Waals surface area contributed by atoms with Crippen molar-refractivity contribution in [3.8, 4) is 11.5 Å². The molecule has 1 unspecified atom stereocenters. The summed E-state index contributed by atoms with van der Waals surface area (Å²) in [5.41, 5.74) is 7.47. The van der Waals surface area contributed by atoms with Gasteiger partial charge in [0.1, 0.15) is 11.5 Å². The van der Waals surface area contributed by atoms with E-state index in [1.54, 1.807) is 19.9 Å². The van der Waals surface area contributed by atoms with Gasteiger partial charge in [0.25, 0.3) is 0 Å². The summed E-state index contributed by atoms with van der Waals surface area (Å²) in [4.78, 5) is 0. The molecule has 0 aliphatic heterocycles. The van der Waals surface area contributed by atoms with Crippen molar-refractivity contribution in [3.63, 3.8) is 0 Å². The summed E-state index contributed by atoms with van der Waals surface area (Å²) >= 11 is 0. The molecule has 0 aliphatic carbocycles. The van der Waals surface area contributed by atoms with Gasteiger partial charge in [-0.25, -0.2) is 0 Å². The molecule has 1 aromatic rings. The molecule has 4 nitrogen and oxygen atoms in total. The SMILES string of the molecule is COc1c(C(O)CCN)cc(C)c(O)c1C. The van der Waals surface area contributed by atoms with Gasteiger partial charge in [-0.05, 0) is 38.4 Å². The first-order valence-corrected chi connectivity index (χ1v) is 5.28. The molecule has 0 heterocycles. The minimum atomic E-state index is -0.655. The van der Waals surface area contributed by atoms with E-state index in [2.05, 4.69) is 0 Å². The van der Waals surface area contributed by atoms with E-state index in [1.807, 2.05) is 0 Å². The van der Waals surface area contributed by atoms with Gasteiger partial charge in [-0.3, -0.25) is 0 Å². The lowest BCUT2D eigenvalue weighted by molar-refractivity contribution is 0.165. The first-order valence-electron chi connectivity index (χ1n) is 5.28. The van der Waals surface area contributed by atoms with Crippen LogP contribution in [0.5, 0.6) is 11.5 Å². The maximum atomic E-state index is 9.93. The van der Waals surface area contributed by atoms with E-state index in [9.17, 15) is 10.2 Å². The zero-order chi connectivity index (χ0) is 12.3. The summed E-state index contributed by atoms with van der Waals surface area (Å²) in [6.07, 6.45) is -0.182. The third kappa shape index (κ3) is 2.28. The monoisotopic (exact) mass is 225 g/mol. The second-order valence-electron chi connectivity index (χ2n) is 3.88. The molecule has 4 N–H and O–H groups in total. The van der Waals surface area contributed by atoms with Crippen molar-refractivity contribution in [2.75, 3.05) is 13.7 Å². The van der Waals surface area contributed by atoms with Crippen LogP contribution in [0.25, 0.3) is 0 Å². The lowest BCUT2D eigenvalue weighted by atomic mass is 9.98. The van der Waals surface area contributed by atoms with Crippen LogP contribution < -0.4 is 10.5 Å². The van der Waals surface area contributed by atoms with E-state index in [1.165, 1.54) is 7.11 Å². The van der Waals surface area contributed by atoms with Gasteiger partial charge in [-0.15, -0.1) is 0 Å². The van der Waals surface area contributed by atoms with Crippen LogP contribution in [0, 0.1) is 13.8 Å². The van der Waals surface area contributed by atoms with Crippen LogP contribution in [0.4, 0.5) is 0 Å². The molecule has 0 saturated heterocycles. The number of aliphatic hydroxyl groups excluding tert-OH is 1. The molecule has 1 atom stereocenters. The number of aliphatic hydroxyl groups is 1. The number of phenolic OH excluding ortho intramolecular Hbond substituents is 1. The van der Waals surface area contributed by atoms with Crippen LogP contribution in [0.3, 0.4) is 0 Å². The molecular formula is C12H19NO3. The Balaban J connectivity index is 3.27. The van der Waals surface area contributed by atoms with Crippen molar-refractivity contribution < 1.29 is 14.9 Å². The highest BCUT2D eigenvalue weighted by Crippen LogP contribution is 2.37. The molecule has 0 radical (unpaired) electrons. The lowest BCUT2D eigenvalue weighted by Crippen LogP contribution is -2.09. The number of benzene rings is 1. The highest BCUT2D eigenvalue weighted by Gasteiger charge is 2.18. The van der Waals surface area contributed by atoms with Crippen molar-refractivity contribution in [1.82, 2.24) is 0 Å². The fraction of sp³-hybridized carbons (Fsp3) is 0.500. The van der Waals surface area contributed by atoms with E-state index >= 15 is 0 Å². The Hall–Kier alpha value is -1.26. The van der Waals surface area contributed by atoms with Gasteiger partial charge in [0.15, 0.2) is 0 Å². The van der Waals surface area contributed by atoms with E-state index in [-0.39, 0.29) is 5.75 Å². The summed E-state index contributed by atoms with van der Waals surface area (Å²) in [6, 6.07) is 1.74. The highest BCUT2D eigenvalue weighted by atomic mass is 16.5. The quantitative estimate of drug-likeness (QED) is 0.724. The van der Waals surface area contributed by atoms with Crippen LogP contribution in [-0.4, -0.2) is 23.9 Å². The van der Waals surface area contributed by atoms with Crippen molar-refractivity contribution >= 4 is 0 Å². The van der Waals surface area contributed by atoms with Gasteiger partial charge >= 0.3 is 0 Å². The fourth-order valence-electron chi connectivity index (χ4n) is 1.82. The predicted octanol–water partition coefficient (Wildman–Crippen LogP) is 1.40. The number of rotatable bonds is 4. The molecule has 0 aromatic heterocycles. The summed E-state index contributed by atoms with van der Waals surface area (Å²) in [5, 5.41) is 19.7. The van der Waals surface area contributed by atoms with Crippen molar-refractivity contribution in [3.05, 3.63) is 22.8 Å². The molecule has 4 heteroatoms. The number of phenols is 1. The Labute approximate surface area is 95.7 Å². The van der Waals surface area contributed by atoms with Gasteiger partial charge < -0.3 is 20.7 Å². The van der Waals surface area contributed by atoms with Crippen LogP contribution in [0.1, 0.15) is 29.2 Å². The third-order valence-corrected chi connectivity index (χ3v) is 2.71. The van der Waals surface area contributed by atoms with E-state index in [0.29, 0.717) is 29.8 Å². The molecule has 0 spiro atoms. The minimum absolute atomic E-state index is 0.209. The molecule has 0 fully saturated rings. The average Bonchev–Trinajstić information content (AvgIpc) is 2.26. The summed E-state index contributed by atoms with van der Waals surface area (Å²) in [5.74, 6) is 0.740. The van der Waals surface area contributed by atoms with Crippen LogP contribution in [-0.2, 0) is 0 Å². The molecular weight excluding hydrogens is 206 g/mol. The Morgan fingerprint density at radius 2 is 2.06 bits per heavy atom. The van der Waals surface area contributed by atoms with E-state index < -0.39 is 6.10 Å². The van der Waals surface area contributed by atoms with E-state index in [0.717, 1.165) is 5.56 Å². The fourth-order valence-corrected chi connectivity index (χ4v) is 1.82. The number of nitrogens with two attached hydrogens (primary N) is 1. The molecule has 90 valence electrons. The van der Waals surface area contributed by atoms with Crippen LogP contribution in [0.15, 0.2) is 6.07 Å². The standard InChI is InChI=1S/C12H19NO3/c1-7-6-9(10(14)4-5-13)12(16-3)8(2)11(7)15/h6,10,14-15H,4-5,13H2,1-3H3. The van der Waals surface area contributed by atoms with Crippen LogP contribution >= 0.6 is 0 Å². The van der Waals surface area contributed by atoms with Crippen LogP contribution in [0.2, 0.25) is 0 Å². The number of aromatic hydroxyl groups is 1. The van der Waals surface area contributed by atoms with Gasteiger partial charge in [0.05, 0.1) is 13.2 Å². The molecule has 1 rings (SSSR count). The zero-order valence-electron chi connectivity index (χ0n) is 9.95. The predicted molar refractivity (Wildman–Crippen MR) is 62.8 cm³/mol. The number of ether oxygens (including phenoxy) is 1. The largest absolute Gasteiger partial charge is 0.507 e. The molecule has 0 saturated carbocycles. The smallest absolute Gasteiger partial charge is 0.131 e. The van der Waals surface area contributed by atoms with Gasteiger partial charge in [0, 0.05) is 11.1 Å². The first-order chi connectivity index (χ1) is 7.52. The van der Waals surface area contributed by atoms with Gasteiger partial charge in [-0.1, -0.05) is 0 Å². The Morgan fingerprint density at radius 3 is 2.56 bits per heavy atom. The van der Waals surface area contributed by atoms with Crippen molar-refractivity contribution in [2.24, 2.45) is 5.73 Å². The molecule has 0 aliphatic rings. The normalized spacial score (nSPS) is 12.6. The Bertz CT molecular complexity index is 377. The second kappa shape index (κ2) is 5.18. The van der Waals surface area contributed by atoms with Gasteiger partial charge in [0.2, 0.25) is 0 Å². The molecule has 1 aromatic carbocycles. The minimum Gasteiger partial charge on any atom is -0.507 e. The number of hydrogen-bond acceptors (Lipinski definition) is 4. The zero-order valence-corrected chi connectivity index (χ0v) is 9.95. The maximum Gasteiger partial charge on any atom is 0.131 e. The Morgan fingerprint density at radius 1 is 1.44 bits per heavy atom. The second-order valence-corrected chi connectivity index (χ2v) is 3.88. The molecule has 0 amide bonds. The van der Waals surface area contributed by atoms with Gasteiger partial charge in [-0.2, -0.15) is 0 Å². The van der Waals surface area contributed by atoms with Crippen molar-refractivity contribution in [1.29, 1.82) is 0 Å². The average molecular weight is 225 g/mol. The number of aryl methyl sites for hydroxylation is 1. The highest BCUT2D eigenvalue weighted by molar-refractivity contribution is 5.53. The number of methoxy groups -OCH3 is 1. The third-order valence-electron chi connectivity index (χ3n) is 2.71. The van der Waals surface area contributed by atoms with E-state index in [4.69, 9.17) is 10.5 Å². The molecule has 0 bridgehead atoms. The maximum absolute atomic E-state index is 9.93. The lowest BCUT2D eigenvalue weighted by Gasteiger charge is -2.18.